The van der Waals surface area contributed by atoms with Crippen LogP contribution in [0.2, 0.25) is 0 Å². The fourth-order valence-corrected chi connectivity index (χ4v) is 1.18. The van der Waals surface area contributed by atoms with Gasteiger partial charge in [-0.15, -0.1) is 10.8 Å². The van der Waals surface area contributed by atoms with Crippen molar-refractivity contribution in [2.45, 2.75) is 20.3 Å². The minimum absolute atomic E-state index is 0. The van der Waals surface area contributed by atoms with Crippen molar-refractivity contribution in [2.75, 3.05) is 12.4 Å². The number of carbonyl (C=O) groups excluding carboxylic acids is 2. The molecule has 15 heavy (non-hydrogen) atoms. The van der Waals surface area contributed by atoms with Gasteiger partial charge in [0.2, 0.25) is 0 Å². The molecule has 0 aromatic heterocycles. The molecular formula is C8H15NO3S2Y-2. The topological polar surface area (TPSA) is 67.2 Å². The van der Waals surface area contributed by atoms with Crippen molar-refractivity contribution >= 4 is 33.5 Å². The number of carbonyl (C=O) groups is 2. The Labute approximate surface area is 124 Å². The van der Waals surface area contributed by atoms with Crippen molar-refractivity contribution in [1.29, 1.82) is 0 Å². The van der Waals surface area contributed by atoms with Crippen molar-refractivity contribution in [3.8, 4) is 0 Å². The van der Waals surface area contributed by atoms with Crippen LogP contribution < -0.4 is 0 Å². The van der Waals surface area contributed by atoms with E-state index in [1.165, 1.54) is 17.7 Å². The van der Waals surface area contributed by atoms with Gasteiger partial charge in [-0.3, -0.25) is 21.8 Å². The second kappa shape index (κ2) is 17.1. The van der Waals surface area contributed by atoms with Crippen LogP contribution in [-0.4, -0.2) is 24.2 Å². The van der Waals surface area contributed by atoms with Crippen LogP contribution in [0.4, 0.5) is 0 Å². The number of ether oxygens (including phenoxy) is 1. The number of amides is 1. The quantitative estimate of drug-likeness (QED) is 0.336. The molecule has 0 saturated heterocycles. The third kappa shape index (κ3) is 31.3. The van der Waals surface area contributed by atoms with E-state index in [0.29, 0.717) is 13.0 Å². The Morgan fingerprint density at radius 1 is 1.47 bits per heavy atom. The second-order valence-electron chi connectivity index (χ2n) is 2.07. The molecule has 0 aromatic carbocycles. The first-order valence-corrected chi connectivity index (χ1v) is 6.44. The van der Waals surface area contributed by atoms with Crippen LogP contribution in [0.3, 0.4) is 0 Å². The van der Waals surface area contributed by atoms with Gasteiger partial charge in [0.1, 0.15) is 6.61 Å². The summed E-state index contributed by atoms with van der Waals surface area (Å²) in [5.41, 5.74) is 5.94. The molecule has 0 atom stereocenters. The molecule has 0 spiro atoms. The van der Waals surface area contributed by atoms with Gasteiger partial charge in [-0.25, -0.2) is 0 Å². The fourth-order valence-electron chi connectivity index (χ4n) is 0.351. The summed E-state index contributed by atoms with van der Waals surface area (Å²) in [6.07, 6.45) is 4.02. The summed E-state index contributed by atoms with van der Waals surface area (Å²) < 4.78 is 4.79. The first-order chi connectivity index (χ1) is 6.54. The van der Waals surface area contributed by atoms with Crippen molar-refractivity contribution in [1.82, 2.24) is 0 Å². The number of hydrogen-bond donors (Lipinski definition) is 0. The van der Waals surface area contributed by atoms with Crippen molar-refractivity contribution < 1.29 is 47.0 Å². The van der Waals surface area contributed by atoms with Gasteiger partial charge in [-0.1, -0.05) is 6.92 Å². The molecule has 0 rings (SSSR count). The molecule has 87 valence electrons. The maximum atomic E-state index is 10.5. The van der Waals surface area contributed by atoms with Gasteiger partial charge < -0.3 is 15.3 Å². The van der Waals surface area contributed by atoms with Crippen LogP contribution in [0.1, 0.15) is 20.3 Å². The second-order valence-corrected chi connectivity index (χ2v) is 4.36. The molecule has 0 saturated carbocycles. The molecule has 4 nitrogen and oxygen atoms in total. The van der Waals surface area contributed by atoms with Gasteiger partial charge in [-0.2, -0.15) is 0 Å². The van der Waals surface area contributed by atoms with E-state index >= 15 is 0 Å². The fraction of sp³-hybridized carbons (Fsp3) is 0.625. The van der Waals surface area contributed by atoms with Crippen molar-refractivity contribution in [2.24, 2.45) is 0 Å². The van der Waals surface area contributed by atoms with E-state index in [4.69, 9.17) is 15.3 Å². The largest absolute Gasteiger partial charge is 0.668 e. The van der Waals surface area contributed by atoms with E-state index < -0.39 is 5.91 Å². The minimum Gasteiger partial charge on any atom is -0.668 e. The van der Waals surface area contributed by atoms with Gasteiger partial charge in [0.25, 0.3) is 0 Å². The molecule has 0 aliphatic rings. The van der Waals surface area contributed by atoms with Crippen LogP contribution in [0, 0.1) is 6.26 Å². The molecular weight excluding hydrogens is 311 g/mol. The van der Waals surface area contributed by atoms with E-state index in [1.54, 1.807) is 17.7 Å². The van der Waals surface area contributed by atoms with E-state index in [-0.39, 0.29) is 38.7 Å². The van der Waals surface area contributed by atoms with Crippen LogP contribution >= 0.6 is 21.6 Å². The average molecular weight is 326 g/mol. The van der Waals surface area contributed by atoms with Gasteiger partial charge in [0, 0.05) is 50.8 Å². The van der Waals surface area contributed by atoms with Crippen molar-refractivity contribution in [3.05, 3.63) is 12.0 Å². The smallest absolute Gasteiger partial charge is 0.305 e. The average Bonchev–Trinajstić information content (AvgIpc) is 2.11. The van der Waals surface area contributed by atoms with Gasteiger partial charge >= 0.3 is 5.97 Å². The number of hydrogen-bond acceptors (Lipinski definition) is 5. The Hall–Kier alpha value is 0.744. The Balaban J connectivity index is -0.000000249. The van der Waals surface area contributed by atoms with Crippen LogP contribution in [0.5, 0.6) is 0 Å². The van der Waals surface area contributed by atoms with E-state index in [0.717, 1.165) is 5.75 Å². The standard InChI is InChI=1S/C6H11O2S2.C2H5NO.Y/c1-3-6(7)8-4-5-10-9-2;1-2(3)4;/h2-5H2,1H3;1H3,(H2,3,4);/q-1;;/p-1. The molecule has 0 fully saturated rings. The molecule has 0 heterocycles. The Morgan fingerprint density at radius 2 is 1.93 bits per heavy atom. The maximum absolute atomic E-state index is 10.5. The maximum Gasteiger partial charge on any atom is 0.305 e. The molecule has 1 N–H and O–H groups in total. The van der Waals surface area contributed by atoms with Crippen LogP contribution in [0.15, 0.2) is 0 Å². The van der Waals surface area contributed by atoms with Gasteiger partial charge in [-0.05, 0) is 6.92 Å². The van der Waals surface area contributed by atoms with E-state index in [2.05, 4.69) is 6.26 Å². The molecule has 0 bridgehead atoms. The minimum atomic E-state index is -0.583. The summed E-state index contributed by atoms with van der Waals surface area (Å²) in [6, 6.07) is 0. The molecule has 0 aliphatic carbocycles. The number of nitrogens with one attached hydrogen (secondary N) is 1. The summed E-state index contributed by atoms with van der Waals surface area (Å²) in [7, 11) is 3.03. The third-order valence-corrected chi connectivity index (χ3v) is 2.30. The van der Waals surface area contributed by atoms with Crippen LogP contribution in [0.25, 0.3) is 5.73 Å². The normalized spacial score (nSPS) is 7.93. The summed E-state index contributed by atoms with van der Waals surface area (Å²) in [4.78, 5) is 19.6. The third-order valence-electron chi connectivity index (χ3n) is 0.802. The first kappa shape index (κ1) is 21.1. The number of esters is 1. The Kier molecular flexibility index (Phi) is 24.1. The summed E-state index contributed by atoms with van der Waals surface area (Å²) in [5, 5.41) is 0. The molecule has 7 heteroatoms. The number of rotatable bonds is 5. The van der Waals surface area contributed by atoms with E-state index in [1.807, 2.05) is 0 Å². The zero-order valence-corrected chi connectivity index (χ0v) is 13.4. The van der Waals surface area contributed by atoms with Gasteiger partial charge in [0.15, 0.2) is 0 Å². The predicted molar refractivity (Wildman–Crippen MR) is 61.7 cm³/mol. The summed E-state index contributed by atoms with van der Waals surface area (Å²) in [6.45, 7) is 3.48. The van der Waals surface area contributed by atoms with Crippen LogP contribution in [-0.2, 0) is 47.0 Å². The summed E-state index contributed by atoms with van der Waals surface area (Å²) in [5.74, 6) is 0.106. The zero-order valence-electron chi connectivity index (χ0n) is 8.95. The molecule has 0 aliphatic heterocycles. The zero-order chi connectivity index (χ0) is 11.4. The molecule has 0 aromatic rings. The monoisotopic (exact) mass is 326 g/mol. The first-order valence-electron chi connectivity index (χ1n) is 3.96. The Bertz CT molecular complexity index is 166. The predicted octanol–water partition coefficient (Wildman–Crippen LogP) is 2.70. The molecule has 1 amide bonds. The molecule has 1 radical (unpaired) electrons. The van der Waals surface area contributed by atoms with Crippen molar-refractivity contribution in [3.63, 3.8) is 0 Å². The molecule has 0 unspecified atom stereocenters. The SMILES string of the molecule is CC([NH-])=O.[CH2-]SSCCOC(=O)CC.[Y]. The van der Waals surface area contributed by atoms with E-state index in [9.17, 15) is 4.79 Å². The van der Waals surface area contributed by atoms with Gasteiger partial charge in [0.05, 0.1) is 0 Å². The summed E-state index contributed by atoms with van der Waals surface area (Å²) >= 11 is 0. The Morgan fingerprint density at radius 3 is 2.27 bits per heavy atom.